The van der Waals surface area contributed by atoms with E-state index in [9.17, 15) is 9.59 Å². The van der Waals surface area contributed by atoms with Gasteiger partial charge in [0.1, 0.15) is 18.1 Å². The summed E-state index contributed by atoms with van der Waals surface area (Å²) in [6.07, 6.45) is 4.36. The van der Waals surface area contributed by atoms with Gasteiger partial charge in [-0.05, 0) is 31.0 Å². The van der Waals surface area contributed by atoms with Crippen molar-refractivity contribution in [2.45, 2.75) is 57.3 Å². The van der Waals surface area contributed by atoms with Gasteiger partial charge < -0.3 is 19.9 Å². The van der Waals surface area contributed by atoms with Gasteiger partial charge in [0.2, 0.25) is 5.91 Å². The van der Waals surface area contributed by atoms with E-state index in [-0.39, 0.29) is 30.4 Å². The molecule has 3 aliphatic rings. The highest BCUT2D eigenvalue weighted by molar-refractivity contribution is 6.32. The Morgan fingerprint density at radius 2 is 2.10 bits per heavy atom. The summed E-state index contributed by atoms with van der Waals surface area (Å²) in [6, 6.07) is 5.29. The number of hydrazone groups is 1. The second-order valence-corrected chi connectivity index (χ2v) is 8.01. The van der Waals surface area contributed by atoms with Crippen LogP contribution in [-0.4, -0.2) is 59.4 Å². The number of anilines is 1. The van der Waals surface area contributed by atoms with Crippen LogP contribution in [0, 0.1) is 0 Å². The molecule has 8 nitrogen and oxygen atoms in total. The summed E-state index contributed by atoms with van der Waals surface area (Å²) >= 11 is 6.14. The van der Waals surface area contributed by atoms with Gasteiger partial charge in [0.25, 0.3) is 5.91 Å². The first-order chi connectivity index (χ1) is 14.0. The number of amides is 2. The van der Waals surface area contributed by atoms with Crippen molar-refractivity contribution in [2.24, 2.45) is 5.10 Å². The van der Waals surface area contributed by atoms with Crippen LogP contribution in [0.4, 0.5) is 5.69 Å². The van der Waals surface area contributed by atoms with Crippen LogP contribution in [-0.2, 0) is 9.59 Å². The Kier molecular flexibility index (Phi) is 5.54. The summed E-state index contributed by atoms with van der Waals surface area (Å²) < 4.78 is 5.14. The minimum absolute atomic E-state index is 0.0110. The van der Waals surface area contributed by atoms with Gasteiger partial charge >= 0.3 is 0 Å². The van der Waals surface area contributed by atoms with Crippen LogP contribution in [0.2, 0.25) is 5.02 Å². The van der Waals surface area contributed by atoms with Crippen LogP contribution < -0.4 is 15.5 Å². The third kappa shape index (κ3) is 3.61. The standard InChI is InChI=1S/C20H26ClN5O3/c1-3-17-23-24-19-20(28)25(14-6-4-5-7-15(14)26(17)19)11-18(27)22-12-8-9-16(29-2)13(21)10-12/h8-10,14-15,19,24H,3-7,11H2,1-2H3,(H,22,27). The largest absolute Gasteiger partial charge is 0.495 e. The summed E-state index contributed by atoms with van der Waals surface area (Å²) in [5.41, 5.74) is 3.55. The number of methoxy groups -OCH3 is 1. The van der Waals surface area contributed by atoms with Crippen molar-refractivity contribution in [3.8, 4) is 5.75 Å². The number of carbonyl (C=O) groups excluding carboxylic acids is 2. The molecule has 2 amide bonds. The van der Waals surface area contributed by atoms with E-state index in [0.717, 1.165) is 37.9 Å². The van der Waals surface area contributed by atoms with Crippen LogP contribution in [0.1, 0.15) is 39.0 Å². The maximum Gasteiger partial charge on any atom is 0.268 e. The topological polar surface area (TPSA) is 86.3 Å². The van der Waals surface area contributed by atoms with Crippen molar-refractivity contribution in [3.63, 3.8) is 0 Å². The molecule has 9 heteroatoms. The zero-order valence-corrected chi connectivity index (χ0v) is 17.4. The lowest BCUT2D eigenvalue weighted by Gasteiger charge is -2.51. The summed E-state index contributed by atoms with van der Waals surface area (Å²) in [5, 5.41) is 7.63. The van der Waals surface area contributed by atoms with Crippen LogP contribution in [0.3, 0.4) is 0 Å². The molecule has 2 N–H and O–H groups in total. The van der Waals surface area contributed by atoms with E-state index in [2.05, 4.69) is 20.7 Å². The monoisotopic (exact) mass is 419 g/mol. The third-order valence-corrected chi connectivity index (χ3v) is 6.22. The molecule has 0 radical (unpaired) electrons. The molecule has 0 spiro atoms. The number of carbonyl (C=O) groups is 2. The molecule has 2 aliphatic heterocycles. The Morgan fingerprint density at radius 1 is 1.34 bits per heavy atom. The molecule has 29 heavy (non-hydrogen) atoms. The van der Waals surface area contributed by atoms with Crippen molar-refractivity contribution in [2.75, 3.05) is 19.0 Å². The first-order valence-electron chi connectivity index (χ1n) is 10.1. The van der Waals surface area contributed by atoms with Crippen LogP contribution in [0.15, 0.2) is 23.3 Å². The fraction of sp³-hybridized carbons (Fsp3) is 0.550. The molecule has 1 aliphatic carbocycles. The zero-order chi connectivity index (χ0) is 20.5. The van der Waals surface area contributed by atoms with Gasteiger partial charge in [-0.3, -0.25) is 15.0 Å². The second-order valence-electron chi connectivity index (χ2n) is 7.60. The maximum absolute atomic E-state index is 13.2. The average Bonchev–Trinajstić information content (AvgIpc) is 3.16. The van der Waals surface area contributed by atoms with E-state index in [0.29, 0.717) is 16.5 Å². The highest BCUT2D eigenvalue weighted by Gasteiger charge is 2.50. The Morgan fingerprint density at radius 3 is 2.79 bits per heavy atom. The molecule has 2 heterocycles. The first kappa shape index (κ1) is 19.8. The molecule has 1 saturated heterocycles. The van der Waals surface area contributed by atoms with E-state index in [4.69, 9.17) is 16.3 Å². The molecule has 0 bridgehead atoms. The number of piperazine rings is 1. The van der Waals surface area contributed by atoms with Crippen molar-refractivity contribution < 1.29 is 14.3 Å². The second kappa shape index (κ2) is 8.10. The molecular formula is C20H26ClN5O3. The summed E-state index contributed by atoms with van der Waals surface area (Å²) in [7, 11) is 1.54. The first-order valence-corrected chi connectivity index (χ1v) is 10.5. The number of nitrogens with one attached hydrogen (secondary N) is 2. The van der Waals surface area contributed by atoms with Crippen molar-refractivity contribution in [1.29, 1.82) is 0 Å². The molecule has 4 rings (SSSR count). The molecule has 3 atom stereocenters. The lowest BCUT2D eigenvalue weighted by Crippen LogP contribution is -2.69. The van der Waals surface area contributed by atoms with Gasteiger partial charge in [-0.15, -0.1) is 0 Å². The summed E-state index contributed by atoms with van der Waals surface area (Å²) in [6.45, 7) is 2.06. The Bertz CT molecular complexity index is 845. The van der Waals surface area contributed by atoms with Crippen LogP contribution in [0.25, 0.3) is 0 Å². The number of rotatable bonds is 5. The van der Waals surface area contributed by atoms with E-state index >= 15 is 0 Å². The van der Waals surface area contributed by atoms with E-state index in [1.165, 1.54) is 7.11 Å². The Labute approximate surface area is 175 Å². The number of hydrogen-bond acceptors (Lipinski definition) is 6. The van der Waals surface area contributed by atoms with Crippen LogP contribution in [0.5, 0.6) is 5.75 Å². The highest BCUT2D eigenvalue weighted by atomic mass is 35.5. The van der Waals surface area contributed by atoms with Crippen molar-refractivity contribution in [1.82, 2.24) is 15.2 Å². The SMILES string of the molecule is CCC1=NNC2C(=O)N(CC(=O)Nc3ccc(OC)c(Cl)c3)C3CCCCC3N12. The van der Waals surface area contributed by atoms with E-state index in [1.807, 2.05) is 6.92 Å². The van der Waals surface area contributed by atoms with Gasteiger partial charge in [-0.1, -0.05) is 31.4 Å². The molecule has 3 unspecified atom stereocenters. The number of benzene rings is 1. The number of halogens is 1. The smallest absolute Gasteiger partial charge is 0.268 e. The lowest BCUT2D eigenvalue weighted by atomic mass is 9.85. The van der Waals surface area contributed by atoms with E-state index in [1.54, 1.807) is 23.1 Å². The molecule has 1 aromatic rings. The van der Waals surface area contributed by atoms with Gasteiger partial charge in [-0.2, -0.15) is 5.10 Å². The Hall–Kier alpha value is -2.48. The number of ether oxygens (including phenoxy) is 1. The lowest BCUT2D eigenvalue weighted by molar-refractivity contribution is -0.151. The van der Waals surface area contributed by atoms with Gasteiger partial charge in [0.15, 0.2) is 6.17 Å². The summed E-state index contributed by atoms with van der Waals surface area (Å²) in [5.74, 6) is 1.13. The number of nitrogens with zero attached hydrogens (tertiary/aromatic N) is 3. The van der Waals surface area contributed by atoms with Gasteiger partial charge in [-0.25, -0.2) is 0 Å². The predicted octanol–water partition coefficient (Wildman–Crippen LogP) is 2.40. The average molecular weight is 420 g/mol. The van der Waals surface area contributed by atoms with Gasteiger partial charge in [0, 0.05) is 12.1 Å². The molecule has 1 aromatic carbocycles. The van der Waals surface area contributed by atoms with Crippen molar-refractivity contribution >= 4 is 34.9 Å². The maximum atomic E-state index is 13.2. The fourth-order valence-electron chi connectivity index (χ4n) is 4.62. The summed E-state index contributed by atoms with van der Waals surface area (Å²) in [4.78, 5) is 29.8. The minimum atomic E-state index is -0.507. The number of fused-ring (bicyclic) bond motifs is 3. The fourth-order valence-corrected chi connectivity index (χ4v) is 4.88. The van der Waals surface area contributed by atoms with Crippen LogP contribution >= 0.6 is 11.6 Å². The minimum Gasteiger partial charge on any atom is -0.495 e. The third-order valence-electron chi connectivity index (χ3n) is 5.93. The quantitative estimate of drug-likeness (QED) is 0.765. The van der Waals surface area contributed by atoms with Gasteiger partial charge in [0.05, 0.1) is 24.2 Å². The molecule has 2 fully saturated rings. The Balaban J connectivity index is 1.49. The number of hydrogen-bond donors (Lipinski definition) is 2. The molecule has 156 valence electrons. The van der Waals surface area contributed by atoms with Crippen molar-refractivity contribution in [3.05, 3.63) is 23.2 Å². The molecule has 1 saturated carbocycles. The zero-order valence-electron chi connectivity index (χ0n) is 16.7. The van der Waals surface area contributed by atoms with E-state index < -0.39 is 6.17 Å². The molecular weight excluding hydrogens is 394 g/mol. The molecule has 0 aromatic heterocycles. The normalized spacial score (nSPS) is 25.7. The predicted molar refractivity (Wildman–Crippen MR) is 111 cm³/mol. The number of amidine groups is 1. The highest BCUT2D eigenvalue weighted by Crippen LogP contribution is 2.35.